The van der Waals surface area contributed by atoms with Gasteiger partial charge in [-0.05, 0) is 12.3 Å². The van der Waals surface area contributed by atoms with Gasteiger partial charge in [0.25, 0.3) is 0 Å². The molecular formula is C18H38O. The maximum absolute atomic E-state index is 10.0. The Kier molecular flexibility index (Phi) is 14.3. The van der Waals surface area contributed by atoms with E-state index in [1.165, 1.54) is 64.2 Å². The fourth-order valence-electron chi connectivity index (χ4n) is 2.91. The normalized spacial score (nSPS) is 13.1. The Hall–Kier alpha value is -0.0400. The van der Waals surface area contributed by atoms with Crippen molar-refractivity contribution in [1.29, 1.82) is 0 Å². The van der Waals surface area contributed by atoms with E-state index < -0.39 is 0 Å². The fourth-order valence-corrected chi connectivity index (χ4v) is 2.91. The number of rotatable bonds is 14. The second-order valence-electron chi connectivity index (χ2n) is 6.11. The molecule has 0 saturated heterocycles. The zero-order valence-electron chi connectivity index (χ0n) is 13.8. The van der Waals surface area contributed by atoms with Crippen LogP contribution in [0.1, 0.15) is 104 Å². The van der Waals surface area contributed by atoms with E-state index in [9.17, 15) is 5.11 Å². The van der Waals surface area contributed by atoms with Crippen molar-refractivity contribution in [3.8, 4) is 0 Å². The first-order chi connectivity index (χ1) is 9.26. The summed E-state index contributed by atoms with van der Waals surface area (Å²) in [6.45, 7) is 6.65. The number of aliphatic hydroxyl groups is 1. The smallest absolute Gasteiger partial charge is 0.0568 e. The van der Waals surface area contributed by atoms with Gasteiger partial charge in [0, 0.05) is 0 Å². The molecule has 1 N–H and O–H groups in total. The minimum Gasteiger partial charge on any atom is -0.393 e. The molecule has 1 atom stereocenters. The largest absolute Gasteiger partial charge is 0.393 e. The Morgan fingerprint density at radius 2 is 1.05 bits per heavy atom. The van der Waals surface area contributed by atoms with Gasteiger partial charge in [0.15, 0.2) is 0 Å². The molecule has 0 aliphatic heterocycles. The van der Waals surface area contributed by atoms with Crippen LogP contribution < -0.4 is 0 Å². The molecule has 19 heavy (non-hydrogen) atoms. The molecule has 116 valence electrons. The molecular weight excluding hydrogens is 232 g/mol. The van der Waals surface area contributed by atoms with Gasteiger partial charge in [-0.1, -0.05) is 97.8 Å². The van der Waals surface area contributed by atoms with E-state index in [4.69, 9.17) is 0 Å². The summed E-state index contributed by atoms with van der Waals surface area (Å²) in [5, 5.41) is 10.0. The summed E-state index contributed by atoms with van der Waals surface area (Å²) >= 11 is 0. The van der Waals surface area contributed by atoms with Crippen molar-refractivity contribution in [2.75, 3.05) is 0 Å². The Morgan fingerprint density at radius 1 is 0.632 bits per heavy atom. The summed E-state index contributed by atoms with van der Waals surface area (Å²) in [4.78, 5) is 0. The highest BCUT2D eigenvalue weighted by Crippen LogP contribution is 2.19. The van der Waals surface area contributed by atoms with Crippen LogP contribution in [0.2, 0.25) is 0 Å². The SMILES string of the molecule is CCCCCCCCCCCCC(O)C(CC)CC. The van der Waals surface area contributed by atoms with Gasteiger partial charge in [-0.15, -0.1) is 0 Å². The molecule has 0 aromatic carbocycles. The van der Waals surface area contributed by atoms with E-state index in [0.717, 1.165) is 19.3 Å². The lowest BCUT2D eigenvalue weighted by atomic mass is 9.92. The van der Waals surface area contributed by atoms with Gasteiger partial charge in [-0.2, -0.15) is 0 Å². The van der Waals surface area contributed by atoms with Crippen molar-refractivity contribution in [2.45, 2.75) is 110 Å². The molecule has 0 rings (SSSR count). The van der Waals surface area contributed by atoms with Crippen LogP contribution in [0.3, 0.4) is 0 Å². The van der Waals surface area contributed by atoms with Gasteiger partial charge in [0.05, 0.1) is 6.10 Å². The predicted molar refractivity (Wildman–Crippen MR) is 86.5 cm³/mol. The highest BCUT2D eigenvalue weighted by Gasteiger charge is 2.14. The molecule has 0 bridgehead atoms. The third kappa shape index (κ3) is 11.5. The van der Waals surface area contributed by atoms with Gasteiger partial charge in [0.2, 0.25) is 0 Å². The lowest BCUT2D eigenvalue weighted by molar-refractivity contribution is 0.0914. The maximum Gasteiger partial charge on any atom is 0.0568 e. The van der Waals surface area contributed by atoms with Gasteiger partial charge in [0.1, 0.15) is 0 Å². The standard InChI is InChI=1S/C18H38O/c1-4-7-8-9-10-11-12-13-14-15-16-18(19)17(5-2)6-3/h17-19H,4-16H2,1-3H3. The lowest BCUT2D eigenvalue weighted by Gasteiger charge is -2.19. The van der Waals surface area contributed by atoms with E-state index in [2.05, 4.69) is 20.8 Å². The van der Waals surface area contributed by atoms with E-state index in [1.54, 1.807) is 0 Å². The van der Waals surface area contributed by atoms with Crippen molar-refractivity contribution < 1.29 is 5.11 Å². The molecule has 1 nitrogen and oxygen atoms in total. The van der Waals surface area contributed by atoms with Crippen LogP contribution in [0.25, 0.3) is 0 Å². The molecule has 0 aromatic heterocycles. The quantitative estimate of drug-likeness (QED) is 0.378. The first-order valence-corrected chi connectivity index (χ1v) is 8.94. The fraction of sp³-hybridized carbons (Fsp3) is 1.00. The minimum atomic E-state index is -0.0518. The van der Waals surface area contributed by atoms with E-state index in [1.807, 2.05) is 0 Å². The molecule has 1 heteroatoms. The van der Waals surface area contributed by atoms with Gasteiger partial charge in [-0.3, -0.25) is 0 Å². The summed E-state index contributed by atoms with van der Waals surface area (Å²) in [6, 6.07) is 0. The summed E-state index contributed by atoms with van der Waals surface area (Å²) in [7, 11) is 0. The van der Waals surface area contributed by atoms with Crippen LogP contribution in [-0.2, 0) is 0 Å². The van der Waals surface area contributed by atoms with Crippen LogP contribution >= 0.6 is 0 Å². The van der Waals surface area contributed by atoms with E-state index in [0.29, 0.717) is 5.92 Å². The van der Waals surface area contributed by atoms with Crippen LogP contribution in [0.15, 0.2) is 0 Å². The van der Waals surface area contributed by atoms with Crippen molar-refractivity contribution in [3.05, 3.63) is 0 Å². The van der Waals surface area contributed by atoms with Crippen molar-refractivity contribution in [1.82, 2.24) is 0 Å². The Labute approximate surface area is 122 Å². The monoisotopic (exact) mass is 270 g/mol. The summed E-state index contributed by atoms with van der Waals surface area (Å²) in [5.41, 5.74) is 0. The highest BCUT2D eigenvalue weighted by atomic mass is 16.3. The number of hydrogen-bond acceptors (Lipinski definition) is 1. The molecule has 0 amide bonds. The molecule has 0 saturated carbocycles. The average molecular weight is 271 g/mol. The third-order valence-corrected chi connectivity index (χ3v) is 4.45. The molecule has 0 aliphatic carbocycles. The Balaban J connectivity index is 3.22. The zero-order valence-corrected chi connectivity index (χ0v) is 13.8. The van der Waals surface area contributed by atoms with Crippen LogP contribution in [-0.4, -0.2) is 11.2 Å². The summed E-state index contributed by atoms with van der Waals surface area (Å²) in [5.74, 6) is 0.526. The molecule has 0 spiro atoms. The number of aliphatic hydroxyl groups excluding tert-OH is 1. The zero-order chi connectivity index (χ0) is 14.3. The Morgan fingerprint density at radius 3 is 1.47 bits per heavy atom. The van der Waals surface area contributed by atoms with Crippen LogP contribution in [0, 0.1) is 5.92 Å². The predicted octanol–water partition coefficient (Wildman–Crippen LogP) is 6.09. The van der Waals surface area contributed by atoms with Crippen LogP contribution in [0.4, 0.5) is 0 Å². The van der Waals surface area contributed by atoms with E-state index >= 15 is 0 Å². The van der Waals surface area contributed by atoms with Crippen LogP contribution in [0.5, 0.6) is 0 Å². The van der Waals surface area contributed by atoms with Gasteiger partial charge >= 0.3 is 0 Å². The van der Waals surface area contributed by atoms with E-state index in [-0.39, 0.29) is 6.10 Å². The average Bonchev–Trinajstić information content (AvgIpc) is 2.42. The second kappa shape index (κ2) is 14.4. The first-order valence-electron chi connectivity index (χ1n) is 8.94. The molecule has 0 heterocycles. The maximum atomic E-state index is 10.0. The molecule has 0 fully saturated rings. The minimum absolute atomic E-state index is 0.0518. The highest BCUT2D eigenvalue weighted by molar-refractivity contribution is 4.66. The number of unbranched alkanes of at least 4 members (excludes halogenated alkanes) is 9. The topological polar surface area (TPSA) is 20.2 Å². The molecule has 1 unspecified atom stereocenters. The van der Waals surface area contributed by atoms with Gasteiger partial charge < -0.3 is 5.11 Å². The summed E-state index contributed by atoms with van der Waals surface area (Å²) in [6.07, 6.45) is 17.0. The molecule has 0 aromatic rings. The molecule has 0 aliphatic rings. The second-order valence-corrected chi connectivity index (χ2v) is 6.11. The first kappa shape index (κ1) is 19.0. The summed E-state index contributed by atoms with van der Waals surface area (Å²) < 4.78 is 0. The Bertz CT molecular complexity index is 163. The lowest BCUT2D eigenvalue weighted by Crippen LogP contribution is -2.18. The van der Waals surface area contributed by atoms with Crippen molar-refractivity contribution in [3.63, 3.8) is 0 Å². The van der Waals surface area contributed by atoms with Crippen molar-refractivity contribution in [2.24, 2.45) is 5.92 Å². The third-order valence-electron chi connectivity index (χ3n) is 4.45. The number of hydrogen-bond donors (Lipinski definition) is 1. The van der Waals surface area contributed by atoms with Crippen molar-refractivity contribution >= 4 is 0 Å². The van der Waals surface area contributed by atoms with Gasteiger partial charge in [-0.25, -0.2) is 0 Å². The molecule has 0 radical (unpaired) electrons.